The summed E-state index contributed by atoms with van der Waals surface area (Å²) in [6.07, 6.45) is 3.09. The van der Waals surface area contributed by atoms with Crippen molar-refractivity contribution in [3.63, 3.8) is 0 Å². The largest absolute Gasteiger partial charge is 0.350 e. The molecule has 152 valence electrons. The maximum absolute atomic E-state index is 12.8. The van der Waals surface area contributed by atoms with E-state index in [1.807, 2.05) is 50.2 Å². The standard InChI is InChI=1S/C23H23N5O2/c1-16-5-3-7-18(11-16)14-27-15-25-21-20(23(27)30)13-26-28(21)10-9-24-22(29)19-8-4-6-17(2)12-19/h3-8,11-13,15H,9-10,14H2,1-2H3,(H,24,29). The average Bonchev–Trinajstić information content (AvgIpc) is 3.14. The minimum Gasteiger partial charge on any atom is -0.350 e. The third-order valence-corrected chi connectivity index (χ3v) is 4.95. The number of amides is 1. The fourth-order valence-electron chi connectivity index (χ4n) is 3.44. The van der Waals surface area contributed by atoms with Gasteiger partial charge in [-0.05, 0) is 31.5 Å². The Morgan fingerprint density at radius 2 is 1.83 bits per heavy atom. The zero-order chi connectivity index (χ0) is 21.1. The van der Waals surface area contributed by atoms with E-state index in [0.29, 0.717) is 36.2 Å². The highest BCUT2D eigenvalue weighted by atomic mass is 16.1. The number of aromatic nitrogens is 4. The van der Waals surface area contributed by atoms with Gasteiger partial charge in [0.15, 0.2) is 5.65 Å². The van der Waals surface area contributed by atoms with Crippen molar-refractivity contribution in [2.45, 2.75) is 26.9 Å². The van der Waals surface area contributed by atoms with Crippen molar-refractivity contribution in [2.75, 3.05) is 6.54 Å². The second-order valence-electron chi connectivity index (χ2n) is 7.40. The van der Waals surface area contributed by atoms with Crippen molar-refractivity contribution in [1.82, 2.24) is 24.6 Å². The molecule has 0 aliphatic rings. The lowest BCUT2D eigenvalue weighted by molar-refractivity contribution is 0.0952. The van der Waals surface area contributed by atoms with Crippen molar-refractivity contribution in [3.05, 3.63) is 93.7 Å². The zero-order valence-corrected chi connectivity index (χ0v) is 17.0. The van der Waals surface area contributed by atoms with Crippen LogP contribution in [0.4, 0.5) is 0 Å². The van der Waals surface area contributed by atoms with Gasteiger partial charge >= 0.3 is 0 Å². The zero-order valence-electron chi connectivity index (χ0n) is 17.0. The minimum atomic E-state index is -0.136. The molecular weight excluding hydrogens is 378 g/mol. The lowest BCUT2D eigenvalue weighted by Crippen LogP contribution is -2.27. The van der Waals surface area contributed by atoms with Gasteiger partial charge in [-0.2, -0.15) is 5.10 Å². The first-order valence-corrected chi connectivity index (χ1v) is 9.82. The van der Waals surface area contributed by atoms with E-state index in [1.54, 1.807) is 27.8 Å². The lowest BCUT2D eigenvalue weighted by atomic mass is 10.1. The summed E-state index contributed by atoms with van der Waals surface area (Å²) in [5.74, 6) is -0.136. The summed E-state index contributed by atoms with van der Waals surface area (Å²) in [4.78, 5) is 29.5. The van der Waals surface area contributed by atoms with Gasteiger partial charge in [0.2, 0.25) is 0 Å². The Labute approximate surface area is 174 Å². The van der Waals surface area contributed by atoms with E-state index in [1.165, 1.54) is 0 Å². The highest BCUT2D eigenvalue weighted by Crippen LogP contribution is 2.09. The van der Waals surface area contributed by atoms with Gasteiger partial charge in [-0.1, -0.05) is 47.5 Å². The predicted octanol–water partition coefficient (Wildman–Crippen LogP) is 2.69. The first kappa shape index (κ1) is 19.6. The summed E-state index contributed by atoms with van der Waals surface area (Å²) in [7, 11) is 0. The maximum Gasteiger partial charge on any atom is 0.264 e. The average molecular weight is 401 g/mol. The molecule has 0 spiro atoms. The van der Waals surface area contributed by atoms with Gasteiger partial charge < -0.3 is 5.32 Å². The molecule has 7 heteroatoms. The highest BCUT2D eigenvalue weighted by Gasteiger charge is 2.11. The van der Waals surface area contributed by atoms with E-state index in [0.717, 1.165) is 16.7 Å². The Kier molecular flexibility index (Phi) is 5.43. The van der Waals surface area contributed by atoms with Crippen molar-refractivity contribution in [2.24, 2.45) is 0 Å². The topological polar surface area (TPSA) is 81.8 Å². The van der Waals surface area contributed by atoms with E-state index >= 15 is 0 Å². The fourth-order valence-corrected chi connectivity index (χ4v) is 3.44. The van der Waals surface area contributed by atoms with Crippen molar-refractivity contribution < 1.29 is 4.79 Å². The van der Waals surface area contributed by atoms with Crippen LogP contribution < -0.4 is 10.9 Å². The van der Waals surface area contributed by atoms with Crippen LogP contribution in [0.2, 0.25) is 0 Å². The molecule has 1 amide bonds. The fraction of sp³-hybridized carbons (Fsp3) is 0.217. The van der Waals surface area contributed by atoms with Crippen LogP contribution in [0.5, 0.6) is 0 Å². The van der Waals surface area contributed by atoms with Crippen molar-refractivity contribution in [1.29, 1.82) is 0 Å². The van der Waals surface area contributed by atoms with Crippen LogP contribution >= 0.6 is 0 Å². The number of hydrogen-bond donors (Lipinski definition) is 1. The second-order valence-corrected chi connectivity index (χ2v) is 7.40. The molecule has 0 bridgehead atoms. The predicted molar refractivity (Wildman–Crippen MR) is 116 cm³/mol. The molecule has 0 fully saturated rings. The maximum atomic E-state index is 12.8. The number of nitrogens with one attached hydrogen (secondary N) is 1. The third kappa shape index (κ3) is 4.15. The van der Waals surface area contributed by atoms with E-state index in [4.69, 9.17) is 0 Å². The number of benzene rings is 2. The number of hydrogen-bond acceptors (Lipinski definition) is 4. The second kappa shape index (κ2) is 8.32. The van der Waals surface area contributed by atoms with Crippen LogP contribution in [0.1, 0.15) is 27.0 Å². The third-order valence-electron chi connectivity index (χ3n) is 4.95. The molecule has 2 aromatic carbocycles. The summed E-state index contributed by atoms with van der Waals surface area (Å²) < 4.78 is 3.23. The summed E-state index contributed by atoms with van der Waals surface area (Å²) in [5.41, 5.74) is 4.24. The molecule has 0 atom stereocenters. The van der Waals surface area contributed by atoms with Gasteiger partial charge in [-0.3, -0.25) is 14.2 Å². The number of carbonyl (C=O) groups excluding carboxylic acids is 1. The smallest absolute Gasteiger partial charge is 0.264 e. The summed E-state index contributed by atoms with van der Waals surface area (Å²) in [6.45, 7) is 5.24. The Morgan fingerprint density at radius 3 is 2.60 bits per heavy atom. The number of carbonyl (C=O) groups is 1. The minimum absolute atomic E-state index is 0.128. The van der Waals surface area contributed by atoms with Gasteiger partial charge in [-0.15, -0.1) is 0 Å². The van der Waals surface area contributed by atoms with Crippen molar-refractivity contribution in [3.8, 4) is 0 Å². The van der Waals surface area contributed by atoms with Gasteiger partial charge in [-0.25, -0.2) is 9.67 Å². The van der Waals surface area contributed by atoms with Crippen molar-refractivity contribution >= 4 is 16.9 Å². The molecular formula is C23H23N5O2. The normalized spacial score (nSPS) is 11.0. The quantitative estimate of drug-likeness (QED) is 0.539. The molecule has 0 saturated heterocycles. The SMILES string of the molecule is Cc1cccc(Cn2cnc3c(cnn3CCNC(=O)c3cccc(C)c3)c2=O)c1. The van der Waals surface area contributed by atoms with Gasteiger partial charge in [0.05, 0.1) is 19.3 Å². The molecule has 7 nitrogen and oxygen atoms in total. The van der Waals surface area contributed by atoms with Crippen LogP contribution in [0.3, 0.4) is 0 Å². The molecule has 2 heterocycles. The summed E-state index contributed by atoms with van der Waals surface area (Å²) in [5, 5.41) is 7.64. The molecule has 2 aromatic heterocycles. The molecule has 0 radical (unpaired) electrons. The number of aryl methyl sites for hydroxylation is 2. The van der Waals surface area contributed by atoms with Crippen LogP contribution in [0, 0.1) is 13.8 Å². The Balaban J connectivity index is 1.46. The Morgan fingerprint density at radius 1 is 1.07 bits per heavy atom. The Hall–Kier alpha value is -3.74. The summed E-state index contributed by atoms with van der Waals surface area (Å²) >= 11 is 0. The molecule has 0 unspecified atom stereocenters. The molecule has 0 saturated carbocycles. The first-order chi connectivity index (χ1) is 14.5. The van der Waals surface area contributed by atoms with Gasteiger partial charge in [0, 0.05) is 12.1 Å². The number of nitrogens with zero attached hydrogens (tertiary/aromatic N) is 4. The van der Waals surface area contributed by atoms with E-state index < -0.39 is 0 Å². The molecule has 4 aromatic rings. The van der Waals surface area contributed by atoms with Crippen LogP contribution in [-0.2, 0) is 13.1 Å². The van der Waals surface area contributed by atoms with Crippen LogP contribution in [-0.4, -0.2) is 31.8 Å². The summed E-state index contributed by atoms with van der Waals surface area (Å²) in [6, 6.07) is 15.5. The highest BCUT2D eigenvalue weighted by molar-refractivity contribution is 5.94. The monoisotopic (exact) mass is 401 g/mol. The number of rotatable bonds is 6. The first-order valence-electron chi connectivity index (χ1n) is 9.82. The molecule has 1 N–H and O–H groups in total. The molecule has 30 heavy (non-hydrogen) atoms. The molecule has 0 aliphatic heterocycles. The van der Waals surface area contributed by atoms with Crippen LogP contribution in [0.25, 0.3) is 11.0 Å². The number of fused-ring (bicyclic) bond motifs is 1. The van der Waals surface area contributed by atoms with Gasteiger partial charge in [0.25, 0.3) is 11.5 Å². The van der Waals surface area contributed by atoms with E-state index in [9.17, 15) is 9.59 Å². The molecule has 0 aliphatic carbocycles. The van der Waals surface area contributed by atoms with Gasteiger partial charge in [0.1, 0.15) is 11.7 Å². The van der Waals surface area contributed by atoms with E-state index in [-0.39, 0.29) is 11.5 Å². The van der Waals surface area contributed by atoms with Crippen LogP contribution in [0.15, 0.2) is 65.8 Å². The van der Waals surface area contributed by atoms with E-state index in [2.05, 4.69) is 21.5 Å². The molecule has 4 rings (SSSR count). The Bertz CT molecular complexity index is 1270. The lowest BCUT2D eigenvalue weighted by Gasteiger charge is -2.08.